The molecule has 0 saturated carbocycles. The molecule has 10 heteroatoms. The number of aryl methyl sites for hydroxylation is 1. The van der Waals surface area contributed by atoms with Gasteiger partial charge in [0.05, 0.1) is 29.7 Å². The molecule has 0 aliphatic rings. The Morgan fingerprint density at radius 3 is 2.09 bits per heavy atom. The molecule has 3 rings (SSSR count). The van der Waals surface area contributed by atoms with Crippen molar-refractivity contribution in [2.75, 3.05) is 12.4 Å². The van der Waals surface area contributed by atoms with Gasteiger partial charge in [-0.15, -0.1) is 0 Å². The molecule has 0 aliphatic heterocycles. The number of hydrogen-bond donors (Lipinski definition) is 1. The molecule has 0 radical (unpaired) electrons. The first-order valence-electron chi connectivity index (χ1n) is 9.84. The number of amides is 1. The monoisotopic (exact) mass is 484 g/mol. The molecule has 1 amide bonds. The van der Waals surface area contributed by atoms with Gasteiger partial charge in [-0.05, 0) is 43.7 Å². The zero-order valence-corrected chi connectivity index (χ0v) is 18.7. The van der Waals surface area contributed by atoms with Crippen molar-refractivity contribution in [2.45, 2.75) is 20.0 Å². The van der Waals surface area contributed by atoms with Crippen LogP contribution in [0.3, 0.4) is 0 Å². The van der Waals surface area contributed by atoms with E-state index in [0.717, 1.165) is 11.8 Å². The molecule has 2 aromatic carbocycles. The lowest BCUT2D eigenvalue weighted by molar-refractivity contribution is -0.137. The lowest BCUT2D eigenvalue weighted by atomic mass is 10.1. The van der Waals surface area contributed by atoms with Crippen LogP contribution in [0, 0.1) is 17.5 Å². The minimum absolute atomic E-state index is 0.0583. The Morgan fingerprint density at radius 1 is 1.00 bits per heavy atom. The highest BCUT2D eigenvalue weighted by Crippen LogP contribution is 2.37. The first kappa shape index (κ1) is 26.6. The van der Waals surface area contributed by atoms with E-state index < -0.39 is 40.7 Å². The van der Waals surface area contributed by atoms with Crippen LogP contribution in [-0.2, 0) is 18.0 Å². The van der Waals surface area contributed by atoms with E-state index in [4.69, 9.17) is 4.74 Å². The fraction of sp³-hybridized carbons (Fsp3) is 0.208. The maximum Gasteiger partial charge on any atom is 0.418 e. The number of alkyl halides is 3. The SMILES string of the molecule is C/C=C(\C)OC.Cn1ccc(C(F)(F)F)c1-c1ccc(NC(=O)c2cc(F)c(F)cc2F)cc1. The molecule has 0 spiro atoms. The van der Waals surface area contributed by atoms with Crippen molar-refractivity contribution in [1.29, 1.82) is 0 Å². The fourth-order valence-corrected chi connectivity index (χ4v) is 2.84. The summed E-state index contributed by atoms with van der Waals surface area (Å²) in [4.78, 5) is 12.1. The molecule has 1 N–H and O–H groups in total. The van der Waals surface area contributed by atoms with E-state index in [-0.39, 0.29) is 23.0 Å². The van der Waals surface area contributed by atoms with Crippen LogP contribution in [-0.4, -0.2) is 17.6 Å². The van der Waals surface area contributed by atoms with Crippen LogP contribution in [0.1, 0.15) is 29.8 Å². The van der Waals surface area contributed by atoms with Crippen molar-refractivity contribution in [2.24, 2.45) is 7.05 Å². The number of allylic oxidation sites excluding steroid dienone is 2. The van der Waals surface area contributed by atoms with Crippen LogP contribution in [0.4, 0.5) is 32.0 Å². The number of rotatable bonds is 4. The zero-order chi connectivity index (χ0) is 25.6. The molecule has 0 bridgehead atoms. The number of hydrogen-bond acceptors (Lipinski definition) is 2. The van der Waals surface area contributed by atoms with E-state index >= 15 is 0 Å². The Bertz CT molecular complexity index is 1180. The summed E-state index contributed by atoms with van der Waals surface area (Å²) in [5.74, 6) is -4.12. The van der Waals surface area contributed by atoms with Crippen LogP contribution in [0.25, 0.3) is 11.3 Å². The van der Waals surface area contributed by atoms with Crippen LogP contribution >= 0.6 is 0 Å². The van der Waals surface area contributed by atoms with E-state index in [9.17, 15) is 31.1 Å². The Morgan fingerprint density at radius 2 is 1.59 bits per heavy atom. The van der Waals surface area contributed by atoms with Crippen molar-refractivity contribution in [3.8, 4) is 11.3 Å². The standard InChI is InChI=1S/C19H12F6N2O.C5H10O/c1-27-7-6-13(19(23,24)25)17(27)10-2-4-11(5-3-10)26-18(28)12-8-15(21)16(22)9-14(12)20;1-4-5(2)6-3/h2-9H,1H3,(H,26,28);4H,1-3H3/b;5-4+. The number of carbonyl (C=O) groups excluding carboxylic acids is 1. The summed E-state index contributed by atoms with van der Waals surface area (Å²) in [5.41, 5.74) is -1.19. The van der Waals surface area contributed by atoms with Gasteiger partial charge in [-0.1, -0.05) is 18.2 Å². The third kappa shape index (κ3) is 6.43. The third-order valence-corrected chi connectivity index (χ3v) is 4.78. The summed E-state index contributed by atoms with van der Waals surface area (Å²) in [5, 5.41) is 2.28. The molecule has 0 fully saturated rings. The predicted octanol–water partition coefficient (Wildman–Crippen LogP) is 6.94. The second kappa shape index (κ2) is 11.0. The molecule has 1 aromatic heterocycles. The first-order chi connectivity index (χ1) is 15.9. The average molecular weight is 484 g/mol. The lowest BCUT2D eigenvalue weighted by Gasteiger charge is -2.12. The van der Waals surface area contributed by atoms with Crippen molar-refractivity contribution < 1.29 is 35.9 Å². The van der Waals surface area contributed by atoms with E-state index in [1.807, 2.05) is 19.9 Å². The number of aromatic nitrogens is 1. The summed E-state index contributed by atoms with van der Waals surface area (Å²) in [6, 6.07) is 6.96. The average Bonchev–Trinajstić information content (AvgIpc) is 3.18. The summed E-state index contributed by atoms with van der Waals surface area (Å²) in [7, 11) is 3.13. The van der Waals surface area contributed by atoms with Gasteiger partial charge in [0.15, 0.2) is 11.6 Å². The van der Waals surface area contributed by atoms with Crippen molar-refractivity contribution in [3.63, 3.8) is 0 Å². The van der Waals surface area contributed by atoms with E-state index in [1.165, 1.54) is 42.1 Å². The number of methoxy groups -OCH3 is 1. The number of halogens is 6. The van der Waals surface area contributed by atoms with Gasteiger partial charge < -0.3 is 14.6 Å². The van der Waals surface area contributed by atoms with Gasteiger partial charge in [-0.3, -0.25) is 4.79 Å². The number of carbonyl (C=O) groups is 1. The maximum absolute atomic E-state index is 13.7. The van der Waals surface area contributed by atoms with E-state index in [0.29, 0.717) is 6.07 Å². The number of nitrogens with one attached hydrogen (secondary N) is 1. The second-order valence-electron chi connectivity index (χ2n) is 7.07. The number of anilines is 1. The summed E-state index contributed by atoms with van der Waals surface area (Å²) in [6.45, 7) is 3.86. The Labute approximate surface area is 192 Å². The zero-order valence-electron chi connectivity index (χ0n) is 18.7. The van der Waals surface area contributed by atoms with Crippen LogP contribution in [0.2, 0.25) is 0 Å². The molecular formula is C24H22F6N2O2. The highest BCUT2D eigenvalue weighted by atomic mass is 19.4. The highest BCUT2D eigenvalue weighted by Gasteiger charge is 2.35. The summed E-state index contributed by atoms with van der Waals surface area (Å²) >= 11 is 0. The molecule has 0 atom stereocenters. The maximum atomic E-state index is 13.7. The fourth-order valence-electron chi connectivity index (χ4n) is 2.84. The topological polar surface area (TPSA) is 43.3 Å². The lowest BCUT2D eigenvalue weighted by Crippen LogP contribution is -2.14. The van der Waals surface area contributed by atoms with Crippen LogP contribution in [0.5, 0.6) is 0 Å². The molecular weight excluding hydrogens is 462 g/mol. The van der Waals surface area contributed by atoms with E-state index in [2.05, 4.69) is 5.32 Å². The molecule has 0 aliphatic carbocycles. The van der Waals surface area contributed by atoms with Gasteiger partial charge in [0.1, 0.15) is 5.82 Å². The molecule has 0 unspecified atom stereocenters. The van der Waals surface area contributed by atoms with Gasteiger partial charge in [0, 0.05) is 25.0 Å². The van der Waals surface area contributed by atoms with Gasteiger partial charge in [0.25, 0.3) is 5.91 Å². The highest BCUT2D eigenvalue weighted by molar-refractivity contribution is 6.04. The molecule has 1 heterocycles. The van der Waals surface area contributed by atoms with E-state index in [1.54, 1.807) is 7.11 Å². The Hall–Kier alpha value is -3.69. The van der Waals surface area contributed by atoms with Crippen molar-refractivity contribution in [3.05, 3.63) is 89.1 Å². The molecule has 0 saturated heterocycles. The predicted molar refractivity (Wildman–Crippen MR) is 117 cm³/mol. The first-order valence-corrected chi connectivity index (χ1v) is 9.84. The molecule has 34 heavy (non-hydrogen) atoms. The molecule has 182 valence electrons. The van der Waals surface area contributed by atoms with Crippen LogP contribution < -0.4 is 5.32 Å². The summed E-state index contributed by atoms with van der Waals surface area (Å²) in [6.07, 6.45) is -1.34. The van der Waals surface area contributed by atoms with Crippen molar-refractivity contribution in [1.82, 2.24) is 4.57 Å². The smallest absolute Gasteiger partial charge is 0.418 e. The molecule has 4 nitrogen and oxygen atoms in total. The van der Waals surface area contributed by atoms with Gasteiger partial charge >= 0.3 is 6.18 Å². The van der Waals surface area contributed by atoms with Gasteiger partial charge in [-0.2, -0.15) is 13.2 Å². The quantitative estimate of drug-likeness (QED) is 0.248. The van der Waals surface area contributed by atoms with Gasteiger partial charge in [-0.25, -0.2) is 13.2 Å². The third-order valence-electron chi connectivity index (χ3n) is 4.78. The summed E-state index contributed by atoms with van der Waals surface area (Å²) < 4.78 is 85.3. The Balaban J connectivity index is 0.000000604. The minimum Gasteiger partial charge on any atom is -0.502 e. The van der Waals surface area contributed by atoms with Crippen molar-refractivity contribution >= 4 is 11.6 Å². The minimum atomic E-state index is -4.53. The number of nitrogens with zero attached hydrogens (tertiary/aromatic N) is 1. The normalized spacial score (nSPS) is 11.5. The second-order valence-corrected chi connectivity index (χ2v) is 7.07. The number of benzene rings is 2. The van der Waals surface area contributed by atoms with Gasteiger partial charge in [0.2, 0.25) is 0 Å². The number of ether oxygens (including phenoxy) is 1. The largest absolute Gasteiger partial charge is 0.502 e. The Kier molecular flexibility index (Phi) is 8.56. The molecule has 3 aromatic rings. The van der Waals surface area contributed by atoms with Crippen LogP contribution in [0.15, 0.2) is 60.5 Å².